The lowest BCUT2D eigenvalue weighted by Gasteiger charge is -2.60. The Morgan fingerprint density at radius 1 is 1.12 bits per heavy atom. The fraction of sp³-hybridized carbons (Fsp3) is 0.636. The molecule has 10 heteroatoms. The number of benzene rings is 1. The molecule has 5 aliphatic rings. The van der Waals surface area contributed by atoms with Gasteiger partial charge in [0.05, 0.1) is 12.2 Å². The van der Waals surface area contributed by atoms with Gasteiger partial charge in [-0.05, 0) is 67.4 Å². The average Bonchev–Trinajstić information content (AvgIpc) is 2.97. The molecule has 2 atom stereocenters. The van der Waals surface area contributed by atoms with Crippen molar-refractivity contribution in [2.75, 3.05) is 23.9 Å². The summed E-state index contributed by atoms with van der Waals surface area (Å²) in [6.45, 7) is -0.0486. The van der Waals surface area contributed by atoms with Gasteiger partial charge in [0, 0.05) is 25.6 Å². The zero-order valence-electron chi connectivity index (χ0n) is 17.9. The van der Waals surface area contributed by atoms with E-state index in [-0.39, 0.29) is 48.6 Å². The van der Waals surface area contributed by atoms with Crippen molar-refractivity contribution in [3.05, 3.63) is 30.1 Å². The lowest BCUT2D eigenvalue weighted by Crippen LogP contribution is -2.60. The number of hydrogen-bond acceptors (Lipinski definition) is 4. The molecule has 8 nitrogen and oxygen atoms in total. The van der Waals surface area contributed by atoms with Crippen molar-refractivity contribution in [3.63, 3.8) is 0 Å². The van der Waals surface area contributed by atoms with Gasteiger partial charge in [-0.2, -0.15) is 12.7 Å². The molecule has 0 aromatic heterocycles. The molecule has 2 unspecified atom stereocenters. The van der Waals surface area contributed by atoms with Crippen LogP contribution < -0.4 is 15.4 Å². The van der Waals surface area contributed by atoms with Crippen LogP contribution in [0.1, 0.15) is 38.5 Å². The molecule has 4 aliphatic carbocycles. The minimum Gasteiger partial charge on any atom is -0.370 e. The lowest BCUT2D eigenvalue weighted by molar-refractivity contribution is -0.134. The molecule has 1 aliphatic heterocycles. The summed E-state index contributed by atoms with van der Waals surface area (Å²) < 4.78 is 42.1. The third-order valence-electron chi connectivity index (χ3n) is 7.88. The van der Waals surface area contributed by atoms with E-state index in [9.17, 15) is 22.4 Å². The second-order valence-corrected chi connectivity index (χ2v) is 11.9. The quantitative estimate of drug-likeness (QED) is 0.662. The number of nitrogens with one attached hydrogen (secondary N) is 1. The number of anilines is 1. The third kappa shape index (κ3) is 3.67. The Morgan fingerprint density at radius 2 is 1.81 bits per heavy atom. The van der Waals surface area contributed by atoms with Crippen LogP contribution in [0.2, 0.25) is 0 Å². The number of primary amides is 1. The Hall–Kier alpha value is -2.20. The van der Waals surface area contributed by atoms with Gasteiger partial charge in [0.1, 0.15) is 5.82 Å². The van der Waals surface area contributed by atoms with Crippen LogP contribution in [0.5, 0.6) is 0 Å². The van der Waals surface area contributed by atoms with Crippen LogP contribution in [0.3, 0.4) is 0 Å². The van der Waals surface area contributed by atoms with E-state index in [1.54, 1.807) is 6.07 Å². The van der Waals surface area contributed by atoms with Gasteiger partial charge < -0.3 is 11.1 Å². The van der Waals surface area contributed by atoms with Crippen LogP contribution in [0.4, 0.5) is 10.1 Å². The van der Waals surface area contributed by atoms with Crippen LogP contribution in [0.25, 0.3) is 0 Å². The third-order valence-corrected chi connectivity index (χ3v) is 9.78. The number of carbonyl (C=O) groups is 2. The minimum atomic E-state index is -3.97. The Labute approximate surface area is 187 Å². The second kappa shape index (κ2) is 7.69. The molecule has 1 saturated heterocycles. The smallest absolute Gasteiger partial charge is 0.304 e. The van der Waals surface area contributed by atoms with Gasteiger partial charge in [0.15, 0.2) is 0 Å². The largest absolute Gasteiger partial charge is 0.370 e. The molecule has 3 N–H and O–H groups in total. The van der Waals surface area contributed by atoms with E-state index in [1.807, 2.05) is 0 Å². The molecule has 0 radical (unpaired) electrons. The summed E-state index contributed by atoms with van der Waals surface area (Å²) in [6.07, 6.45) is 5.29. The van der Waals surface area contributed by atoms with Gasteiger partial charge in [0.25, 0.3) is 0 Å². The Bertz CT molecular complexity index is 1030. The molecule has 6 rings (SSSR count). The first kappa shape index (κ1) is 21.6. The lowest BCUT2D eigenvalue weighted by atomic mass is 9.47. The summed E-state index contributed by atoms with van der Waals surface area (Å²) in [6, 6.07) is 5.74. The predicted molar refractivity (Wildman–Crippen MR) is 116 cm³/mol. The van der Waals surface area contributed by atoms with Crippen LogP contribution in [-0.2, 0) is 19.8 Å². The maximum absolute atomic E-state index is 14.1. The van der Waals surface area contributed by atoms with Crippen molar-refractivity contribution in [1.82, 2.24) is 9.62 Å². The van der Waals surface area contributed by atoms with E-state index in [1.165, 1.54) is 18.2 Å². The first-order valence-corrected chi connectivity index (χ1v) is 12.7. The summed E-state index contributed by atoms with van der Waals surface area (Å²) >= 11 is 0. The second-order valence-electron chi connectivity index (χ2n) is 10.1. The van der Waals surface area contributed by atoms with E-state index in [2.05, 4.69) is 5.32 Å². The van der Waals surface area contributed by atoms with Crippen molar-refractivity contribution in [1.29, 1.82) is 0 Å². The summed E-state index contributed by atoms with van der Waals surface area (Å²) in [7, 11) is -3.97. The number of amides is 2. The highest BCUT2D eigenvalue weighted by Gasteiger charge is 2.56. The first-order valence-electron chi connectivity index (χ1n) is 11.3. The fourth-order valence-electron chi connectivity index (χ4n) is 7.04. The number of rotatable bonds is 6. The highest BCUT2D eigenvalue weighted by Crippen LogP contribution is 2.61. The highest BCUT2D eigenvalue weighted by molar-refractivity contribution is 7.90. The topological polar surface area (TPSA) is 113 Å². The van der Waals surface area contributed by atoms with Crippen molar-refractivity contribution >= 4 is 27.7 Å². The van der Waals surface area contributed by atoms with E-state index in [4.69, 9.17) is 5.73 Å². The van der Waals surface area contributed by atoms with Crippen LogP contribution >= 0.6 is 0 Å². The number of nitrogens with two attached hydrogens (primary N) is 1. The summed E-state index contributed by atoms with van der Waals surface area (Å²) in [5.41, 5.74) is 5.48. The molecule has 1 aromatic carbocycles. The van der Waals surface area contributed by atoms with Crippen molar-refractivity contribution in [2.24, 2.45) is 28.9 Å². The van der Waals surface area contributed by atoms with Gasteiger partial charge >= 0.3 is 10.2 Å². The molecule has 2 amide bonds. The number of halogens is 1. The molecule has 4 bridgehead atoms. The van der Waals surface area contributed by atoms with Gasteiger partial charge in [-0.3, -0.25) is 13.9 Å². The summed E-state index contributed by atoms with van der Waals surface area (Å²) in [5.74, 6) is -0.0185. The SMILES string of the molecule is NC(=O)CC12CC3CC(C1)C(NC(=O)CN1CCN(c4ccccc4F)S1(=O)=O)C(C3)C2. The average molecular weight is 465 g/mol. The van der Waals surface area contributed by atoms with Gasteiger partial charge in [-0.1, -0.05) is 12.1 Å². The molecule has 1 aromatic rings. The Balaban J connectivity index is 1.24. The van der Waals surface area contributed by atoms with E-state index >= 15 is 0 Å². The number of hydrogen-bond donors (Lipinski definition) is 2. The number of para-hydroxylation sites is 1. The van der Waals surface area contributed by atoms with Gasteiger partial charge in [-0.15, -0.1) is 0 Å². The Morgan fingerprint density at radius 3 is 2.47 bits per heavy atom. The summed E-state index contributed by atoms with van der Waals surface area (Å²) in [5, 5.41) is 3.11. The normalized spacial score (nSPS) is 35.2. The van der Waals surface area contributed by atoms with Crippen molar-refractivity contribution in [3.8, 4) is 0 Å². The zero-order chi connectivity index (χ0) is 22.7. The van der Waals surface area contributed by atoms with E-state index in [0.29, 0.717) is 24.2 Å². The minimum absolute atomic E-state index is 0.00352. The van der Waals surface area contributed by atoms with Crippen LogP contribution in [0, 0.1) is 29.0 Å². The molecular formula is C22H29FN4O4S. The molecule has 5 fully saturated rings. The van der Waals surface area contributed by atoms with Crippen LogP contribution in [-0.4, -0.2) is 50.2 Å². The standard InChI is InChI=1S/C22H29FN4O4S/c23-17-3-1-2-4-18(17)27-6-5-26(32(27,30)31)13-20(29)25-21-15-7-14-8-16(21)11-22(9-14,10-15)12-19(24)28/h1-4,14-16,21H,5-13H2,(H2,24,28)(H,25,29). The molecule has 1 heterocycles. The Kier molecular flexibility index (Phi) is 5.20. The fourth-order valence-corrected chi connectivity index (χ4v) is 8.62. The molecular weight excluding hydrogens is 435 g/mol. The van der Waals surface area contributed by atoms with Crippen LogP contribution in [0.15, 0.2) is 24.3 Å². The number of carbonyl (C=O) groups excluding carboxylic acids is 2. The van der Waals surface area contributed by atoms with Crippen molar-refractivity contribution < 1.29 is 22.4 Å². The van der Waals surface area contributed by atoms with Crippen molar-refractivity contribution in [2.45, 2.75) is 44.6 Å². The monoisotopic (exact) mass is 464 g/mol. The number of nitrogens with zero attached hydrogens (tertiary/aromatic N) is 2. The first-order chi connectivity index (χ1) is 15.2. The maximum atomic E-state index is 14.1. The van der Waals surface area contributed by atoms with Gasteiger partial charge in [0.2, 0.25) is 11.8 Å². The predicted octanol–water partition coefficient (Wildman–Crippen LogP) is 1.38. The van der Waals surface area contributed by atoms with E-state index in [0.717, 1.165) is 40.7 Å². The molecule has 0 spiro atoms. The van der Waals surface area contributed by atoms with E-state index < -0.39 is 16.0 Å². The molecule has 4 saturated carbocycles. The highest BCUT2D eigenvalue weighted by atomic mass is 32.2. The molecule has 174 valence electrons. The molecule has 32 heavy (non-hydrogen) atoms. The zero-order valence-corrected chi connectivity index (χ0v) is 18.7. The maximum Gasteiger partial charge on any atom is 0.304 e. The van der Waals surface area contributed by atoms with Gasteiger partial charge in [-0.25, -0.2) is 4.39 Å². The summed E-state index contributed by atoms with van der Waals surface area (Å²) in [4.78, 5) is 24.5.